The summed E-state index contributed by atoms with van der Waals surface area (Å²) in [5.41, 5.74) is 0. The standard InChI is InChI=1S/C22H41NO2/c1-21(17-18-23)15-11-9-7-5-3-2-4-6-8-10-13-19-24-22-16-12-14-20-25-22/h21-22H,2-17,19-20H2,1H3/i18+2. The van der Waals surface area contributed by atoms with Gasteiger partial charge in [0.15, 0.2) is 6.29 Å². The lowest BCUT2D eigenvalue weighted by Crippen LogP contribution is -2.22. The van der Waals surface area contributed by atoms with E-state index in [1.807, 2.05) is 0 Å². The normalized spacial score (nSPS) is 18.8. The van der Waals surface area contributed by atoms with Gasteiger partial charge in [0, 0.05) is 19.6 Å². The van der Waals surface area contributed by atoms with Crippen LogP contribution in [-0.4, -0.2) is 19.5 Å². The molecule has 2 atom stereocenters. The van der Waals surface area contributed by atoms with Crippen LogP contribution in [0.4, 0.5) is 0 Å². The third-order valence-electron chi connectivity index (χ3n) is 5.22. The van der Waals surface area contributed by atoms with Crippen molar-refractivity contribution in [3.63, 3.8) is 0 Å². The lowest BCUT2D eigenvalue weighted by atomic mass is 10.0. The van der Waals surface area contributed by atoms with Crippen LogP contribution in [0.25, 0.3) is 0 Å². The molecule has 146 valence electrons. The van der Waals surface area contributed by atoms with Gasteiger partial charge in [-0.15, -0.1) is 0 Å². The Balaban J connectivity index is 1.70. The fourth-order valence-electron chi connectivity index (χ4n) is 3.50. The summed E-state index contributed by atoms with van der Waals surface area (Å²) in [7, 11) is 0. The molecule has 3 heteroatoms. The van der Waals surface area contributed by atoms with E-state index in [9.17, 15) is 0 Å². The molecule has 0 spiro atoms. The van der Waals surface area contributed by atoms with Crippen molar-refractivity contribution < 1.29 is 9.47 Å². The molecule has 0 N–H and O–H groups in total. The first-order valence-corrected chi connectivity index (χ1v) is 10.9. The number of rotatable bonds is 16. The van der Waals surface area contributed by atoms with E-state index in [1.54, 1.807) is 0 Å². The van der Waals surface area contributed by atoms with E-state index in [2.05, 4.69) is 13.0 Å². The van der Waals surface area contributed by atoms with Crippen LogP contribution in [0.5, 0.6) is 0 Å². The Bertz CT molecular complexity index is 320. The number of ether oxygens (including phenoxy) is 2. The van der Waals surface area contributed by atoms with Gasteiger partial charge in [0.1, 0.15) is 0 Å². The molecule has 1 aliphatic rings. The monoisotopic (exact) mass is 353 g/mol. The van der Waals surface area contributed by atoms with Crippen LogP contribution in [0, 0.1) is 17.2 Å². The largest absolute Gasteiger partial charge is 0.353 e. The summed E-state index contributed by atoms with van der Waals surface area (Å²) in [4.78, 5) is 0. The summed E-state index contributed by atoms with van der Waals surface area (Å²) in [5.74, 6) is 0.589. The average molecular weight is 354 g/mol. The molecule has 1 fully saturated rings. The first-order chi connectivity index (χ1) is 12.3. The fraction of sp³-hybridized carbons (Fsp3) is 0.955. The number of hydrogen-bond acceptors (Lipinski definition) is 3. The number of nitrogens with zero attached hydrogens (tertiary/aromatic N) is 1. The minimum atomic E-state index is 0.0864. The van der Waals surface area contributed by atoms with Gasteiger partial charge < -0.3 is 9.47 Å². The van der Waals surface area contributed by atoms with Gasteiger partial charge in [-0.25, -0.2) is 0 Å². The van der Waals surface area contributed by atoms with Crippen molar-refractivity contribution >= 4 is 0 Å². The van der Waals surface area contributed by atoms with E-state index in [0.717, 1.165) is 26.1 Å². The van der Waals surface area contributed by atoms with Crippen molar-refractivity contribution in [2.24, 2.45) is 5.92 Å². The van der Waals surface area contributed by atoms with Crippen LogP contribution >= 0.6 is 0 Å². The van der Waals surface area contributed by atoms with E-state index in [0.29, 0.717) is 5.92 Å². The smallest absolute Gasteiger partial charge is 0.157 e. The SMILES string of the molecule is CC(CCCCCCCCCCCCCOC1CCCCO1)C[14C]#N. The fourth-order valence-corrected chi connectivity index (χ4v) is 3.50. The topological polar surface area (TPSA) is 42.2 Å². The predicted octanol–water partition coefficient (Wildman–Crippen LogP) is 6.76. The van der Waals surface area contributed by atoms with E-state index in [-0.39, 0.29) is 6.29 Å². The van der Waals surface area contributed by atoms with Gasteiger partial charge in [-0.05, 0) is 38.0 Å². The summed E-state index contributed by atoms with van der Waals surface area (Å²) in [6.45, 7) is 3.95. The van der Waals surface area contributed by atoms with Crippen molar-refractivity contribution in [3.8, 4) is 6.07 Å². The highest BCUT2D eigenvalue weighted by Gasteiger charge is 2.13. The van der Waals surface area contributed by atoms with Crippen molar-refractivity contribution in [1.29, 1.82) is 5.26 Å². The molecule has 1 heterocycles. The average Bonchev–Trinajstić information content (AvgIpc) is 2.63. The highest BCUT2D eigenvalue weighted by Crippen LogP contribution is 2.16. The molecule has 2 unspecified atom stereocenters. The number of unbranched alkanes of at least 4 members (excludes halogenated alkanes) is 10. The van der Waals surface area contributed by atoms with Crippen molar-refractivity contribution in [1.82, 2.24) is 0 Å². The molecule has 0 aliphatic carbocycles. The van der Waals surface area contributed by atoms with Crippen LogP contribution in [0.15, 0.2) is 0 Å². The molecule has 0 amide bonds. The molecule has 0 bridgehead atoms. The van der Waals surface area contributed by atoms with Gasteiger partial charge in [-0.1, -0.05) is 71.1 Å². The Morgan fingerprint density at radius 1 is 0.920 bits per heavy atom. The maximum atomic E-state index is 8.63. The lowest BCUT2D eigenvalue weighted by Gasteiger charge is -2.22. The van der Waals surface area contributed by atoms with Gasteiger partial charge in [0.05, 0.1) is 6.07 Å². The molecule has 1 aliphatic heterocycles. The third-order valence-corrected chi connectivity index (χ3v) is 5.22. The van der Waals surface area contributed by atoms with Gasteiger partial charge in [-0.3, -0.25) is 0 Å². The molecule has 0 aromatic heterocycles. The van der Waals surface area contributed by atoms with Crippen LogP contribution in [0.2, 0.25) is 0 Å². The molecule has 1 rings (SSSR count). The second-order valence-corrected chi connectivity index (χ2v) is 7.81. The quantitative estimate of drug-likeness (QED) is 0.288. The van der Waals surface area contributed by atoms with Gasteiger partial charge in [0.2, 0.25) is 0 Å². The second-order valence-electron chi connectivity index (χ2n) is 7.81. The third kappa shape index (κ3) is 14.3. The highest BCUT2D eigenvalue weighted by atomic mass is 16.7. The van der Waals surface area contributed by atoms with Crippen LogP contribution in [0.3, 0.4) is 0 Å². The van der Waals surface area contributed by atoms with Gasteiger partial charge in [-0.2, -0.15) is 5.26 Å². The molecule has 3 nitrogen and oxygen atoms in total. The molecule has 0 aromatic carbocycles. The van der Waals surface area contributed by atoms with Crippen LogP contribution in [0.1, 0.15) is 110 Å². The van der Waals surface area contributed by atoms with Crippen molar-refractivity contribution in [2.45, 2.75) is 116 Å². The predicted molar refractivity (Wildman–Crippen MR) is 104 cm³/mol. The molecular weight excluding hydrogens is 312 g/mol. The summed E-state index contributed by atoms with van der Waals surface area (Å²) in [6, 6.07) is 2.27. The zero-order valence-corrected chi connectivity index (χ0v) is 16.6. The molecule has 25 heavy (non-hydrogen) atoms. The summed E-state index contributed by atoms with van der Waals surface area (Å²) in [6.07, 6.45) is 20.4. The molecule has 0 radical (unpaired) electrons. The molecule has 0 saturated carbocycles. The zero-order chi connectivity index (χ0) is 18.0. The van der Waals surface area contributed by atoms with Crippen LogP contribution < -0.4 is 0 Å². The van der Waals surface area contributed by atoms with E-state index < -0.39 is 0 Å². The van der Waals surface area contributed by atoms with Gasteiger partial charge >= 0.3 is 0 Å². The summed E-state index contributed by atoms with van der Waals surface area (Å²) in [5, 5.41) is 8.63. The maximum absolute atomic E-state index is 8.63. The first kappa shape index (κ1) is 22.5. The van der Waals surface area contributed by atoms with Crippen LogP contribution in [-0.2, 0) is 9.47 Å². The van der Waals surface area contributed by atoms with Gasteiger partial charge in [0.25, 0.3) is 0 Å². The minimum Gasteiger partial charge on any atom is -0.353 e. The van der Waals surface area contributed by atoms with Crippen molar-refractivity contribution in [2.75, 3.05) is 13.2 Å². The van der Waals surface area contributed by atoms with E-state index >= 15 is 0 Å². The minimum absolute atomic E-state index is 0.0864. The summed E-state index contributed by atoms with van der Waals surface area (Å²) < 4.78 is 11.3. The van der Waals surface area contributed by atoms with Crippen molar-refractivity contribution in [3.05, 3.63) is 0 Å². The van der Waals surface area contributed by atoms with E-state index in [4.69, 9.17) is 14.7 Å². The lowest BCUT2D eigenvalue weighted by molar-refractivity contribution is -0.162. The Kier molecular flexibility index (Phi) is 15.1. The molecule has 1 saturated heterocycles. The Morgan fingerprint density at radius 3 is 2.08 bits per heavy atom. The Hall–Kier alpha value is -0.590. The Labute approximate surface area is 156 Å². The second kappa shape index (κ2) is 16.9. The Morgan fingerprint density at radius 2 is 1.52 bits per heavy atom. The number of nitriles is 1. The molecular formula is C22H41NO2. The first-order valence-electron chi connectivity index (χ1n) is 10.9. The highest BCUT2D eigenvalue weighted by molar-refractivity contribution is 4.72. The summed E-state index contributed by atoms with van der Waals surface area (Å²) >= 11 is 0. The zero-order valence-electron chi connectivity index (χ0n) is 16.6. The maximum Gasteiger partial charge on any atom is 0.157 e. The number of hydrogen-bond donors (Lipinski definition) is 0. The van der Waals surface area contributed by atoms with E-state index in [1.165, 1.54) is 89.9 Å². The molecule has 0 aromatic rings.